The Morgan fingerprint density at radius 2 is 1.65 bits per heavy atom. The Bertz CT molecular complexity index is 411. The second kappa shape index (κ2) is 5.29. The van der Waals surface area contributed by atoms with E-state index in [0.717, 1.165) is 0 Å². The SMILES string of the molecule is CC(N)CCN1C(=O)c2ccccc2C1=O.Cl. The predicted molar refractivity (Wildman–Crippen MR) is 67.3 cm³/mol. The summed E-state index contributed by atoms with van der Waals surface area (Å²) in [5, 5.41) is 0. The summed E-state index contributed by atoms with van der Waals surface area (Å²) < 4.78 is 0. The molecule has 92 valence electrons. The molecule has 1 aromatic rings. The molecule has 1 unspecified atom stereocenters. The van der Waals surface area contributed by atoms with Crippen LogP contribution in [0.5, 0.6) is 0 Å². The second-order valence-corrected chi connectivity index (χ2v) is 4.07. The number of fused-ring (bicyclic) bond motifs is 1. The van der Waals surface area contributed by atoms with Gasteiger partial charge in [0.2, 0.25) is 0 Å². The molecule has 17 heavy (non-hydrogen) atoms. The summed E-state index contributed by atoms with van der Waals surface area (Å²) in [6, 6.07) is 6.88. The van der Waals surface area contributed by atoms with Gasteiger partial charge in [0.25, 0.3) is 11.8 Å². The van der Waals surface area contributed by atoms with Crippen molar-refractivity contribution in [3.8, 4) is 0 Å². The average molecular weight is 255 g/mol. The molecule has 0 aliphatic carbocycles. The fourth-order valence-electron chi connectivity index (χ4n) is 1.77. The van der Waals surface area contributed by atoms with E-state index in [0.29, 0.717) is 24.1 Å². The molecule has 1 aliphatic heterocycles. The molecule has 0 fully saturated rings. The molecule has 1 atom stereocenters. The van der Waals surface area contributed by atoms with Crippen LogP contribution in [-0.4, -0.2) is 29.3 Å². The van der Waals surface area contributed by atoms with Gasteiger partial charge in [-0.3, -0.25) is 14.5 Å². The number of halogens is 1. The number of amides is 2. The zero-order chi connectivity index (χ0) is 11.7. The maximum Gasteiger partial charge on any atom is 0.261 e. The molecule has 1 heterocycles. The summed E-state index contributed by atoms with van der Waals surface area (Å²) in [7, 11) is 0. The van der Waals surface area contributed by atoms with Crippen LogP contribution in [0.1, 0.15) is 34.1 Å². The van der Waals surface area contributed by atoms with Gasteiger partial charge in [-0.05, 0) is 25.5 Å². The fraction of sp³-hybridized carbons (Fsp3) is 0.333. The van der Waals surface area contributed by atoms with E-state index in [2.05, 4.69) is 0 Å². The van der Waals surface area contributed by atoms with Crippen LogP contribution < -0.4 is 5.73 Å². The molecular weight excluding hydrogens is 240 g/mol. The van der Waals surface area contributed by atoms with Crippen molar-refractivity contribution in [2.45, 2.75) is 19.4 Å². The maximum absolute atomic E-state index is 11.9. The summed E-state index contributed by atoms with van der Waals surface area (Å²) in [5.41, 5.74) is 6.61. The third kappa shape index (κ3) is 2.48. The van der Waals surface area contributed by atoms with Crippen molar-refractivity contribution in [1.82, 2.24) is 4.90 Å². The van der Waals surface area contributed by atoms with Crippen molar-refractivity contribution in [1.29, 1.82) is 0 Å². The molecule has 1 aromatic carbocycles. The van der Waals surface area contributed by atoms with E-state index in [9.17, 15) is 9.59 Å². The number of nitrogens with two attached hydrogens (primary N) is 1. The van der Waals surface area contributed by atoms with Gasteiger partial charge in [-0.1, -0.05) is 12.1 Å². The van der Waals surface area contributed by atoms with E-state index < -0.39 is 0 Å². The monoisotopic (exact) mass is 254 g/mol. The van der Waals surface area contributed by atoms with Crippen LogP contribution in [0.25, 0.3) is 0 Å². The Morgan fingerprint density at radius 1 is 1.18 bits per heavy atom. The smallest absolute Gasteiger partial charge is 0.261 e. The van der Waals surface area contributed by atoms with Gasteiger partial charge in [0.05, 0.1) is 11.1 Å². The van der Waals surface area contributed by atoms with Crippen molar-refractivity contribution in [3.63, 3.8) is 0 Å². The van der Waals surface area contributed by atoms with Gasteiger partial charge >= 0.3 is 0 Å². The molecule has 0 saturated heterocycles. The van der Waals surface area contributed by atoms with Crippen LogP contribution in [0.2, 0.25) is 0 Å². The van der Waals surface area contributed by atoms with Gasteiger partial charge in [0.15, 0.2) is 0 Å². The van der Waals surface area contributed by atoms with Gasteiger partial charge in [0.1, 0.15) is 0 Å². The summed E-state index contributed by atoms with van der Waals surface area (Å²) in [6.45, 7) is 2.25. The first-order chi connectivity index (χ1) is 7.61. The Kier molecular flexibility index (Phi) is 4.26. The number of nitrogens with zero attached hydrogens (tertiary/aromatic N) is 1. The van der Waals surface area contributed by atoms with Gasteiger partial charge in [-0.2, -0.15) is 0 Å². The van der Waals surface area contributed by atoms with Crippen molar-refractivity contribution >= 4 is 24.2 Å². The Morgan fingerprint density at radius 3 is 2.06 bits per heavy atom. The molecule has 0 bridgehead atoms. The minimum Gasteiger partial charge on any atom is -0.328 e. The van der Waals surface area contributed by atoms with Gasteiger partial charge in [0, 0.05) is 12.6 Å². The van der Waals surface area contributed by atoms with Crippen LogP contribution in [0.4, 0.5) is 0 Å². The van der Waals surface area contributed by atoms with Gasteiger partial charge in [-0.15, -0.1) is 12.4 Å². The quantitative estimate of drug-likeness (QED) is 0.831. The number of carbonyl (C=O) groups is 2. The molecule has 0 radical (unpaired) electrons. The highest BCUT2D eigenvalue weighted by Crippen LogP contribution is 2.22. The number of imide groups is 1. The third-order valence-electron chi connectivity index (χ3n) is 2.69. The standard InChI is InChI=1S/C12H14N2O2.ClH/c1-8(13)6-7-14-11(15)9-4-2-3-5-10(9)12(14)16;/h2-5,8H,6-7,13H2,1H3;1H. The third-order valence-corrected chi connectivity index (χ3v) is 2.69. The van der Waals surface area contributed by atoms with Crippen LogP contribution in [-0.2, 0) is 0 Å². The van der Waals surface area contributed by atoms with E-state index in [1.807, 2.05) is 6.92 Å². The largest absolute Gasteiger partial charge is 0.328 e. The second-order valence-electron chi connectivity index (χ2n) is 4.07. The molecule has 2 N–H and O–H groups in total. The Balaban J connectivity index is 0.00000144. The van der Waals surface area contributed by atoms with Crippen LogP contribution in [0.15, 0.2) is 24.3 Å². The van der Waals surface area contributed by atoms with E-state index >= 15 is 0 Å². The summed E-state index contributed by atoms with van der Waals surface area (Å²) in [4.78, 5) is 25.0. The van der Waals surface area contributed by atoms with Crippen molar-refractivity contribution < 1.29 is 9.59 Å². The van der Waals surface area contributed by atoms with Crippen LogP contribution in [0, 0.1) is 0 Å². The summed E-state index contributed by atoms with van der Waals surface area (Å²) >= 11 is 0. The highest BCUT2D eigenvalue weighted by atomic mass is 35.5. The molecule has 0 saturated carbocycles. The number of hydrogen-bond acceptors (Lipinski definition) is 3. The van der Waals surface area contributed by atoms with Crippen molar-refractivity contribution in [2.24, 2.45) is 5.73 Å². The van der Waals surface area contributed by atoms with Crippen molar-refractivity contribution in [2.75, 3.05) is 6.54 Å². The fourth-order valence-corrected chi connectivity index (χ4v) is 1.77. The van der Waals surface area contributed by atoms with E-state index in [1.165, 1.54) is 4.90 Å². The first-order valence-corrected chi connectivity index (χ1v) is 5.32. The lowest BCUT2D eigenvalue weighted by Crippen LogP contribution is -2.33. The van der Waals surface area contributed by atoms with Gasteiger partial charge in [-0.25, -0.2) is 0 Å². The maximum atomic E-state index is 11.9. The Hall–Kier alpha value is -1.39. The molecule has 0 aromatic heterocycles. The molecular formula is C12H15ClN2O2. The lowest BCUT2D eigenvalue weighted by molar-refractivity contribution is 0.0651. The van der Waals surface area contributed by atoms with Gasteiger partial charge < -0.3 is 5.73 Å². The lowest BCUT2D eigenvalue weighted by atomic mass is 10.1. The number of hydrogen-bond donors (Lipinski definition) is 1. The predicted octanol–water partition coefficient (Wildman–Crippen LogP) is 1.44. The summed E-state index contributed by atoms with van der Waals surface area (Å²) in [5.74, 6) is -0.414. The summed E-state index contributed by atoms with van der Waals surface area (Å²) in [6.07, 6.45) is 0.630. The molecule has 5 heteroatoms. The molecule has 2 amide bonds. The van der Waals surface area contributed by atoms with Crippen molar-refractivity contribution in [3.05, 3.63) is 35.4 Å². The van der Waals surface area contributed by atoms with E-state index in [4.69, 9.17) is 5.73 Å². The highest BCUT2D eigenvalue weighted by molar-refractivity contribution is 6.21. The zero-order valence-corrected chi connectivity index (χ0v) is 10.4. The molecule has 0 spiro atoms. The van der Waals surface area contributed by atoms with E-state index in [-0.39, 0.29) is 30.3 Å². The lowest BCUT2D eigenvalue weighted by Gasteiger charge is -2.14. The number of rotatable bonds is 3. The number of carbonyl (C=O) groups excluding carboxylic acids is 2. The zero-order valence-electron chi connectivity index (χ0n) is 9.55. The molecule has 1 aliphatic rings. The topological polar surface area (TPSA) is 63.4 Å². The number of benzene rings is 1. The molecule has 4 nitrogen and oxygen atoms in total. The van der Waals surface area contributed by atoms with E-state index in [1.54, 1.807) is 24.3 Å². The normalized spacial score (nSPS) is 15.5. The molecule has 2 rings (SSSR count). The first kappa shape index (κ1) is 13.7. The van der Waals surface area contributed by atoms with Crippen LogP contribution >= 0.6 is 12.4 Å². The van der Waals surface area contributed by atoms with Crippen LogP contribution in [0.3, 0.4) is 0 Å². The average Bonchev–Trinajstić information content (AvgIpc) is 2.50. The Labute approximate surface area is 106 Å². The minimum atomic E-state index is -0.207. The minimum absolute atomic E-state index is 0. The first-order valence-electron chi connectivity index (χ1n) is 5.32. The highest BCUT2D eigenvalue weighted by Gasteiger charge is 2.34.